The molecule has 0 saturated carbocycles. The van der Waals surface area contributed by atoms with E-state index < -0.39 is 5.82 Å². The standard InChI is InChI=1S/C17H14FN3O3/c18-12-4-3-6-14(8-12)23-11-16-21-15(10-24-16)17(22)20-9-13-5-1-2-7-19-13/h1-8,10H,9,11H2,(H,20,22). The van der Waals surface area contributed by atoms with Crippen LogP contribution in [0.2, 0.25) is 0 Å². The van der Waals surface area contributed by atoms with E-state index in [4.69, 9.17) is 9.15 Å². The second kappa shape index (κ2) is 7.36. The van der Waals surface area contributed by atoms with Crippen LogP contribution in [-0.4, -0.2) is 15.9 Å². The van der Waals surface area contributed by atoms with Crippen molar-refractivity contribution in [2.75, 3.05) is 0 Å². The number of hydrogen-bond acceptors (Lipinski definition) is 5. The summed E-state index contributed by atoms with van der Waals surface area (Å²) in [6.07, 6.45) is 2.90. The topological polar surface area (TPSA) is 77.2 Å². The lowest BCUT2D eigenvalue weighted by Crippen LogP contribution is -2.23. The van der Waals surface area contributed by atoms with Crippen molar-refractivity contribution >= 4 is 5.91 Å². The number of pyridine rings is 1. The second-order valence-corrected chi connectivity index (χ2v) is 4.88. The van der Waals surface area contributed by atoms with Gasteiger partial charge in [-0.15, -0.1) is 0 Å². The highest BCUT2D eigenvalue weighted by molar-refractivity contribution is 5.91. The van der Waals surface area contributed by atoms with Gasteiger partial charge >= 0.3 is 0 Å². The third kappa shape index (κ3) is 4.16. The summed E-state index contributed by atoms with van der Waals surface area (Å²) in [4.78, 5) is 20.2. The van der Waals surface area contributed by atoms with Gasteiger partial charge < -0.3 is 14.5 Å². The fourth-order valence-electron chi connectivity index (χ4n) is 1.95. The van der Waals surface area contributed by atoms with Gasteiger partial charge in [-0.3, -0.25) is 9.78 Å². The van der Waals surface area contributed by atoms with Crippen molar-refractivity contribution in [3.63, 3.8) is 0 Å². The van der Waals surface area contributed by atoms with Crippen LogP contribution in [0.5, 0.6) is 5.75 Å². The smallest absolute Gasteiger partial charge is 0.273 e. The monoisotopic (exact) mass is 327 g/mol. The lowest BCUT2D eigenvalue weighted by molar-refractivity contribution is 0.0945. The second-order valence-electron chi connectivity index (χ2n) is 4.88. The minimum atomic E-state index is -0.394. The van der Waals surface area contributed by atoms with E-state index in [0.29, 0.717) is 12.3 Å². The average molecular weight is 327 g/mol. The molecule has 2 aromatic heterocycles. The average Bonchev–Trinajstić information content (AvgIpc) is 3.08. The Morgan fingerprint density at radius 2 is 2.17 bits per heavy atom. The quantitative estimate of drug-likeness (QED) is 0.753. The van der Waals surface area contributed by atoms with Gasteiger partial charge in [0.2, 0.25) is 5.89 Å². The first kappa shape index (κ1) is 15.7. The maximum absolute atomic E-state index is 13.1. The summed E-state index contributed by atoms with van der Waals surface area (Å²) in [6, 6.07) is 11.2. The first-order valence-corrected chi connectivity index (χ1v) is 7.21. The minimum Gasteiger partial charge on any atom is -0.484 e. The molecule has 0 unspecified atom stereocenters. The molecule has 0 aliphatic rings. The van der Waals surface area contributed by atoms with Gasteiger partial charge in [0.1, 0.15) is 17.8 Å². The van der Waals surface area contributed by atoms with E-state index in [-0.39, 0.29) is 24.1 Å². The Morgan fingerprint density at radius 3 is 2.96 bits per heavy atom. The number of halogens is 1. The predicted octanol–water partition coefficient (Wildman–Crippen LogP) is 2.72. The summed E-state index contributed by atoms with van der Waals surface area (Å²) >= 11 is 0. The molecular formula is C17H14FN3O3. The largest absolute Gasteiger partial charge is 0.484 e. The number of carbonyl (C=O) groups excluding carboxylic acids is 1. The van der Waals surface area contributed by atoms with Crippen molar-refractivity contribution in [2.45, 2.75) is 13.2 Å². The van der Waals surface area contributed by atoms with Crippen molar-refractivity contribution in [2.24, 2.45) is 0 Å². The van der Waals surface area contributed by atoms with Crippen LogP contribution >= 0.6 is 0 Å². The molecule has 1 amide bonds. The Kier molecular flexibility index (Phi) is 4.81. The molecule has 0 saturated heterocycles. The van der Waals surface area contributed by atoms with Crippen LogP contribution in [0, 0.1) is 5.82 Å². The summed E-state index contributed by atoms with van der Waals surface area (Å²) in [5, 5.41) is 2.70. The van der Waals surface area contributed by atoms with Gasteiger partial charge in [0.15, 0.2) is 12.3 Å². The molecule has 0 atom stereocenters. The summed E-state index contributed by atoms with van der Waals surface area (Å²) < 4.78 is 23.6. The van der Waals surface area contributed by atoms with Gasteiger partial charge in [0, 0.05) is 12.3 Å². The van der Waals surface area contributed by atoms with E-state index in [0.717, 1.165) is 5.69 Å². The number of oxazole rings is 1. The fourth-order valence-corrected chi connectivity index (χ4v) is 1.95. The van der Waals surface area contributed by atoms with Crippen molar-refractivity contribution < 1.29 is 18.3 Å². The Bertz CT molecular complexity index is 821. The van der Waals surface area contributed by atoms with E-state index in [2.05, 4.69) is 15.3 Å². The fraction of sp³-hybridized carbons (Fsp3) is 0.118. The van der Waals surface area contributed by atoms with Gasteiger partial charge in [0.05, 0.1) is 12.2 Å². The molecule has 0 aliphatic heterocycles. The maximum atomic E-state index is 13.1. The Morgan fingerprint density at radius 1 is 1.25 bits per heavy atom. The van der Waals surface area contributed by atoms with Crippen molar-refractivity contribution in [3.8, 4) is 5.75 Å². The van der Waals surface area contributed by atoms with Crippen molar-refractivity contribution in [1.29, 1.82) is 0 Å². The first-order chi connectivity index (χ1) is 11.7. The molecule has 1 aromatic carbocycles. The molecule has 2 heterocycles. The summed E-state index contributed by atoms with van der Waals surface area (Å²) in [5.41, 5.74) is 0.882. The number of benzene rings is 1. The molecule has 122 valence electrons. The molecule has 0 radical (unpaired) electrons. The van der Waals surface area contributed by atoms with E-state index in [1.807, 2.05) is 6.07 Å². The highest BCUT2D eigenvalue weighted by atomic mass is 19.1. The van der Waals surface area contributed by atoms with Gasteiger partial charge in [0.25, 0.3) is 5.91 Å². The molecule has 6 nitrogen and oxygen atoms in total. The zero-order valence-electron chi connectivity index (χ0n) is 12.6. The minimum absolute atomic E-state index is 0.00300. The van der Waals surface area contributed by atoms with E-state index in [1.54, 1.807) is 24.4 Å². The molecule has 0 fully saturated rings. The van der Waals surface area contributed by atoms with E-state index >= 15 is 0 Å². The van der Waals surface area contributed by atoms with Crippen molar-refractivity contribution in [1.82, 2.24) is 15.3 Å². The van der Waals surface area contributed by atoms with Crippen LogP contribution in [0.3, 0.4) is 0 Å². The number of carbonyl (C=O) groups is 1. The SMILES string of the molecule is O=C(NCc1ccccn1)c1coc(COc2cccc(F)c2)n1. The molecule has 0 bridgehead atoms. The van der Waals surface area contributed by atoms with E-state index in [1.165, 1.54) is 24.5 Å². The van der Waals surface area contributed by atoms with Gasteiger partial charge in [-0.25, -0.2) is 9.37 Å². The molecule has 0 aliphatic carbocycles. The van der Waals surface area contributed by atoms with Crippen LogP contribution in [0.1, 0.15) is 22.1 Å². The van der Waals surface area contributed by atoms with Crippen LogP contribution in [0.15, 0.2) is 59.3 Å². The summed E-state index contributed by atoms with van der Waals surface area (Å²) in [7, 11) is 0. The van der Waals surface area contributed by atoms with E-state index in [9.17, 15) is 9.18 Å². The number of nitrogens with one attached hydrogen (secondary N) is 1. The molecule has 0 spiro atoms. The lowest BCUT2D eigenvalue weighted by Gasteiger charge is -2.03. The summed E-state index contributed by atoms with van der Waals surface area (Å²) in [5.74, 6) is -0.187. The van der Waals surface area contributed by atoms with Gasteiger partial charge in [-0.05, 0) is 24.3 Å². The molecule has 3 rings (SSSR count). The van der Waals surface area contributed by atoms with Gasteiger partial charge in [-0.2, -0.15) is 0 Å². The summed E-state index contributed by atoms with van der Waals surface area (Å²) in [6.45, 7) is 0.290. The zero-order chi connectivity index (χ0) is 16.8. The highest BCUT2D eigenvalue weighted by Gasteiger charge is 2.12. The number of hydrogen-bond donors (Lipinski definition) is 1. The molecule has 24 heavy (non-hydrogen) atoms. The molecule has 1 N–H and O–H groups in total. The van der Waals surface area contributed by atoms with Crippen LogP contribution < -0.4 is 10.1 Å². The third-order valence-electron chi connectivity index (χ3n) is 3.10. The molecule has 7 heteroatoms. The number of rotatable bonds is 6. The normalized spacial score (nSPS) is 10.4. The zero-order valence-corrected chi connectivity index (χ0v) is 12.6. The highest BCUT2D eigenvalue weighted by Crippen LogP contribution is 2.14. The number of amides is 1. The van der Waals surface area contributed by atoms with Crippen LogP contribution in [0.4, 0.5) is 4.39 Å². The predicted molar refractivity (Wildman–Crippen MR) is 82.6 cm³/mol. The Labute approximate surface area is 137 Å². The number of nitrogens with zero attached hydrogens (tertiary/aromatic N) is 2. The van der Waals surface area contributed by atoms with Crippen LogP contribution in [0.25, 0.3) is 0 Å². The number of ether oxygens (including phenoxy) is 1. The molecule has 3 aromatic rings. The van der Waals surface area contributed by atoms with Crippen molar-refractivity contribution in [3.05, 3.63) is 78.0 Å². The van der Waals surface area contributed by atoms with Gasteiger partial charge in [-0.1, -0.05) is 12.1 Å². The Balaban J connectivity index is 1.53. The lowest BCUT2D eigenvalue weighted by atomic mass is 10.3. The molecular weight excluding hydrogens is 313 g/mol. The Hall–Kier alpha value is -3.22. The maximum Gasteiger partial charge on any atom is 0.273 e. The number of aromatic nitrogens is 2. The third-order valence-corrected chi connectivity index (χ3v) is 3.10. The first-order valence-electron chi connectivity index (χ1n) is 7.21. The van der Waals surface area contributed by atoms with Crippen LogP contribution in [-0.2, 0) is 13.2 Å².